The van der Waals surface area contributed by atoms with Crippen molar-refractivity contribution in [3.8, 4) is 11.5 Å². The average molecular weight is 1020 g/mol. The first kappa shape index (κ1) is 51.0. The molecule has 0 bridgehead atoms. The lowest BCUT2D eigenvalue weighted by atomic mass is 9.85. The van der Waals surface area contributed by atoms with Crippen LogP contribution in [0.15, 0.2) is 120 Å². The fourth-order valence-corrected chi connectivity index (χ4v) is 11.2. The molecule has 2 aromatic carbocycles. The molecule has 2 saturated carbocycles. The zero-order chi connectivity index (χ0) is 50.3. The van der Waals surface area contributed by atoms with E-state index in [0.717, 1.165) is 65.7 Å². The van der Waals surface area contributed by atoms with E-state index >= 15 is 0 Å². The van der Waals surface area contributed by atoms with Gasteiger partial charge in [0.15, 0.2) is 10.1 Å². The van der Waals surface area contributed by atoms with E-state index in [9.17, 15) is 16.8 Å². The highest BCUT2D eigenvalue weighted by Gasteiger charge is 2.27. The quantitative estimate of drug-likeness (QED) is 0.0861. The van der Waals surface area contributed by atoms with E-state index in [0.29, 0.717) is 24.8 Å². The summed E-state index contributed by atoms with van der Waals surface area (Å²) in [7, 11) is 4.37. The summed E-state index contributed by atoms with van der Waals surface area (Å²) in [4.78, 5) is 17.0. The molecule has 0 radical (unpaired) electrons. The summed E-state index contributed by atoms with van der Waals surface area (Å²) in [5.41, 5.74) is 8.61. The van der Waals surface area contributed by atoms with Crippen molar-refractivity contribution in [1.82, 2.24) is 38.2 Å². The molecule has 0 spiro atoms. The van der Waals surface area contributed by atoms with Crippen LogP contribution in [-0.4, -0.2) is 82.3 Å². The van der Waals surface area contributed by atoms with Crippen molar-refractivity contribution in [3.63, 3.8) is 0 Å². The minimum absolute atomic E-state index is 0.00849. The molecule has 0 unspecified atom stereocenters. The second-order valence-corrected chi connectivity index (χ2v) is 22.6. The monoisotopic (exact) mass is 1020 g/mol. The number of ether oxygens (including phenoxy) is 2. The first-order valence-corrected chi connectivity index (χ1v) is 27.8. The number of nitrogens with zero attached hydrogens (tertiary/aromatic N) is 9. The molecule has 6 aromatic heterocycles. The Labute approximate surface area is 421 Å². The van der Waals surface area contributed by atoms with E-state index in [2.05, 4.69) is 79.0 Å². The number of aryl methyl sites for hydroxylation is 2. The third-order valence-electron chi connectivity index (χ3n) is 13.3. The lowest BCUT2D eigenvalue weighted by molar-refractivity contribution is 0.277. The van der Waals surface area contributed by atoms with Crippen molar-refractivity contribution in [1.29, 1.82) is 0 Å². The van der Waals surface area contributed by atoms with Crippen molar-refractivity contribution in [2.45, 2.75) is 88.4 Å². The molecule has 8 aromatic rings. The van der Waals surface area contributed by atoms with Crippen LogP contribution in [0.2, 0.25) is 0 Å². The van der Waals surface area contributed by atoms with E-state index in [-0.39, 0.29) is 10.1 Å². The molecule has 1 N–H and O–H groups in total. The SMILES string of the molecule is CCOc1ccc(Cc2cc3cc(N(C)S(=O)(=O)c4cncn4C)cnc3n2CC2CCC2)cc1.CCOc1ccc(Cc2cc3cc(NC)cnc3n2CC2CCC2)cc1.Cn1cncc1S(=O)(=O)Cl. The van der Waals surface area contributed by atoms with Gasteiger partial charge in [0, 0.05) is 87.0 Å². The summed E-state index contributed by atoms with van der Waals surface area (Å²) in [5.74, 6) is 3.27. The molecule has 0 saturated heterocycles. The predicted octanol–water partition coefficient (Wildman–Crippen LogP) is 9.60. The zero-order valence-electron chi connectivity index (χ0n) is 41.2. The number of imidazole rings is 2. The van der Waals surface area contributed by atoms with Gasteiger partial charge in [-0.25, -0.2) is 28.4 Å². The summed E-state index contributed by atoms with van der Waals surface area (Å²) in [6.07, 6.45) is 18.5. The number of halogens is 1. The first-order valence-electron chi connectivity index (χ1n) is 24.1. The molecule has 0 atom stereocenters. The summed E-state index contributed by atoms with van der Waals surface area (Å²) < 4.78 is 67.5. The Morgan fingerprint density at radius 2 is 1.13 bits per heavy atom. The van der Waals surface area contributed by atoms with Gasteiger partial charge < -0.3 is 33.1 Å². The third-order valence-corrected chi connectivity index (χ3v) is 16.5. The number of nitrogens with one attached hydrogen (secondary N) is 1. The minimum Gasteiger partial charge on any atom is -0.494 e. The van der Waals surface area contributed by atoms with Crippen LogP contribution in [0.25, 0.3) is 22.1 Å². The van der Waals surface area contributed by atoms with Crippen LogP contribution in [0.3, 0.4) is 0 Å². The predicted molar refractivity (Wildman–Crippen MR) is 280 cm³/mol. The summed E-state index contributed by atoms with van der Waals surface area (Å²) >= 11 is 0. The molecule has 10 rings (SSSR count). The average Bonchev–Trinajstić information content (AvgIpc) is 4.12. The third kappa shape index (κ3) is 12.0. The second-order valence-electron chi connectivity index (χ2n) is 18.2. The van der Waals surface area contributed by atoms with Gasteiger partial charge in [-0.15, -0.1) is 0 Å². The minimum atomic E-state index is -3.75. The highest BCUT2D eigenvalue weighted by atomic mass is 35.7. The number of sulfonamides is 1. The maximum atomic E-state index is 13.2. The molecule has 71 heavy (non-hydrogen) atoms. The molecule has 16 nitrogen and oxygen atoms in total. The van der Waals surface area contributed by atoms with Crippen molar-refractivity contribution in [2.24, 2.45) is 25.9 Å². The highest BCUT2D eigenvalue weighted by molar-refractivity contribution is 8.13. The van der Waals surface area contributed by atoms with Crippen molar-refractivity contribution < 1.29 is 26.3 Å². The molecule has 19 heteroatoms. The highest BCUT2D eigenvalue weighted by Crippen LogP contribution is 2.34. The number of hydrogen-bond donors (Lipinski definition) is 1. The van der Waals surface area contributed by atoms with Crippen LogP contribution < -0.4 is 19.1 Å². The Morgan fingerprint density at radius 1 is 0.662 bits per heavy atom. The molecular formula is C52H63ClN10O6S2. The smallest absolute Gasteiger partial charge is 0.281 e. The van der Waals surface area contributed by atoms with Gasteiger partial charge in [-0.2, -0.15) is 8.42 Å². The van der Waals surface area contributed by atoms with E-state index in [1.54, 1.807) is 27.3 Å². The number of pyridine rings is 2. The molecule has 376 valence electrons. The fraction of sp³-hybridized carbons (Fsp3) is 0.385. The molecular weight excluding hydrogens is 960 g/mol. The number of aromatic nitrogens is 8. The Hall–Kier alpha value is -6.37. The van der Waals surface area contributed by atoms with Crippen LogP contribution >= 0.6 is 10.7 Å². The van der Waals surface area contributed by atoms with Crippen molar-refractivity contribution >= 4 is 63.2 Å². The number of fused-ring (bicyclic) bond motifs is 2. The van der Waals surface area contributed by atoms with Gasteiger partial charge in [0.05, 0.1) is 62.0 Å². The van der Waals surface area contributed by atoms with Gasteiger partial charge in [0.2, 0.25) is 0 Å². The van der Waals surface area contributed by atoms with Crippen LogP contribution in [0.5, 0.6) is 11.5 Å². The van der Waals surface area contributed by atoms with Gasteiger partial charge >= 0.3 is 0 Å². The lowest BCUT2D eigenvalue weighted by Crippen LogP contribution is -2.28. The zero-order valence-corrected chi connectivity index (χ0v) is 43.6. The Balaban J connectivity index is 0.000000164. The van der Waals surface area contributed by atoms with E-state index in [4.69, 9.17) is 30.1 Å². The van der Waals surface area contributed by atoms with E-state index < -0.39 is 19.1 Å². The van der Waals surface area contributed by atoms with Crippen LogP contribution in [-0.2, 0) is 59.1 Å². The standard InChI is InChI=1S/C26H31N5O3S.C22H27N3O.C4H5ClN2O2S/c1-4-34-24-10-8-19(9-11-24)12-22-13-21-14-23(15-28-26(21)31(22)17-20-6-5-7-20)30(3)35(32,33)25-16-27-18-29(25)2;1-3-26-21-9-7-16(8-10-21)11-20-13-18-12-19(23-2)14-24-22(18)25(20)15-17-5-4-6-17;1-7-3-6-2-4(7)10(5,8)9/h8-11,13-16,18,20H,4-7,12,17H2,1-3H3;7-10,12-14,17,23H,3-6,11,15H2,1-2H3;2-3H,1H3. The van der Waals surface area contributed by atoms with E-state index in [1.165, 1.54) is 105 Å². The largest absolute Gasteiger partial charge is 0.494 e. The lowest BCUT2D eigenvalue weighted by Gasteiger charge is -2.27. The summed E-state index contributed by atoms with van der Waals surface area (Å²) in [6, 6.07) is 25.2. The van der Waals surface area contributed by atoms with Gasteiger partial charge in [-0.05, 0) is 111 Å². The van der Waals surface area contributed by atoms with Crippen molar-refractivity contribution in [3.05, 3.63) is 133 Å². The Kier molecular flexibility index (Phi) is 16.1. The molecule has 0 aliphatic heterocycles. The summed E-state index contributed by atoms with van der Waals surface area (Å²) in [5, 5.41) is 5.50. The molecule has 6 heterocycles. The topological polar surface area (TPSA) is 173 Å². The normalized spacial score (nSPS) is 14.0. The van der Waals surface area contributed by atoms with Gasteiger partial charge in [-0.3, -0.25) is 4.31 Å². The van der Waals surface area contributed by atoms with Crippen LogP contribution in [0, 0.1) is 11.8 Å². The van der Waals surface area contributed by atoms with Crippen LogP contribution in [0.4, 0.5) is 11.4 Å². The fourth-order valence-electron chi connectivity index (χ4n) is 8.88. The van der Waals surface area contributed by atoms with Crippen LogP contribution in [0.1, 0.15) is 74.9 Å². The molecule has 2 aliphatic carbocycles. The molecule has 2 fully saturated rings. The second kappa shape index (κ2) is 22.4. The van der Waals surface area contributed by atoms with Gasteiger partial charge in [-0.1, -0.05) is 37.1 Å². The Morgan fingerprint density at radius 3 is 1.52 bits per heavy atom. The maximum Gasteiger partial charge on any atom is 0.281 e. The van der Waals surface area contributed by atoms with Crippen molar-refractivity contribution in [2.75, 3.05) is 36.9 Å². The number of benzene rings is 2. The number of rotatable bonds is 17. The maximum absolute atomic E-state index is 13.2. The number of anilines is 2. The van der Waals surface area contributed by atoms with Gasteiger partial charge in [0.1, 0.15) is 22.8 Å². The van der Waals surface area contributed by atoms with E-state index in [1.807, 2.05) is 45.3 Å². The Bertz CT molecular complexity index is 3290. The molecule has 0 amide bonds. The first-order chi connectivity index (χ1) is 34.1. The van der Waals surface area contributed by atoms with Gasteiger partial charge in [0.25, 0.3) is 19.1 Å². The summed E-state index contributed by atoms with van der Waals surface area (Å²) in [6.45, 7) is 7.36. The molecule has 2 aliphatic rings. The number of hydrogen-bond acceptors (Lipinski definition) is 11.